The number of nitrogens with zero attached hydrogens (tertiary/aromatic N) is 2. The molecule has 0 fully saturated rings. The molecule has 1 rings (SSSR count). The second-order valence-corrected chi connectivity index (χ2v) is 7.10. The molecule has 1 aliphatic heterocycles. The van der Waals surface area contributed by atoms with Crippen molar-refractivity contribution < 1.29 is 4.79 Å². The summed E-state index contributed by atoms with van der Waals surface area (Å²) < 4.78 is 0. The van der Waals surface area contributed by atoms with Crippen LogP contribution in [-0.2, 0) is 4.79 Å². The van der Waals surface area contributed by atoms with Crippen molar-refractivity contribution in [2.75, 3.05) is 0 Å². The van der Waals surface area contributed by atoms with Crippen molar-refractivity contribution in [3.05, 3.63) is 0 Å². The summed E-state index contributed by atoms with van der Waals surface area (Å²) in [5, 5.41) is 8.47. The summed E-state index contributed by atoms with van der Waals surface area (Å²) in [5.41, 5.74) is 5.08. The quantitative estimate of drug-likeness (QED) is 0.277. The average molecular weight is 334 g/mol. The second-order valence-electron chi connectivity index (χ2n) is 7.10. The molecule has 0 aromatic heterocycles. The number of carbonyl (C=O) groups excluding carboxylic acids is 1. The molecule has 4 heteroatoms. The van der Waals surface area contributed by atoms with Gasteiger partial charge in [-0.3, -0.25) is 4.79 Å². The van der Waals surface area contributed by atoms with Crippen LogP contribution in [-0.4, -0.2) is 11.6 Å². The van der Waals surface area contributed by atoms with E-state index in [-0.39, 0.29) is 11.6 Å². The van der Waals surface area contributed by atoms with E-state index in [2.05, 4.69) is 16.1 Å². The first-order valence-electron chi connectivity index (χ1n) is 9.84. The van der Waals surface area contributed by atoms with Gasteiger partial charge in [-0.2, -0.15) is 10.2 Å². The predicted molar refractivity (Wildman–Crippen MR) is 99.5 cm³/mol. The van der Waals surface area contributed by atoms with Crippen molar-refractivity contribution in [3.63, 3.8) is 0 Å². The van der Waals surface area contributed by atoms with Crippen LogP contribution in [0.3, 0.4) is 0 Å². The Morgan fingerprint density at radius 2 is 1.25 bits per heavy atom. The van der Waals surface area contributed by atoms with Gasteiger partial charge in [-0.15, -0.1) is 12.3 Å². The van der Waals surface area contributed by atoms with Crippen molar-refractivity contribution in [1.29, 1.82) is 0 Å². The molecule has 0 spiro atoms. The first-order valence-corrected chi connectivity index (χ1v) is 9.84. The van der Waals surface area contributed by atoms with Crippen LogP contribution >= 0.6 is 0 Å². The molecule has 0 aromatic rings. The van der Waals surface area contributed by atoms with E-state index in [0.29, 0.717) is 6.42 Å². The molecule has 136 valence electrons. The fourth-order valence-corrected chi connectivity index (χ4v) is 3.17. The highest BCUT2D eigenvalue weighted by atomic mass is 16.1. The highest BCUT2D eigenvalue weighted by molar-refractivity contribution is 5.73. The first-order chi connectivity index (χ1) is 11.7. The topological polar surface area (TPSA) is 67.8 Å². The van der Waals surface area contributed by atoms with E-state index >= 15 is 0 Å². The molecule has 1 aliphatic rings. The van der Waals surface area contributed by atoms with Crippen LogP contribution in [0.25, 0.3) is 0 Å². The molecule has 0 aliphatic carbocycles. The molecular formula is C20H35N3O. The Kier molecular flexibility index (Phi) is 11.2. The van der Waals surface area contributed by atoms with Gasteiger partial charge in [0.1, 0.15) is 0 Å². The standard InChI is InChI=1S/C20H35N3O/c1-2-3-14-17-20(22-23-20)18-15-12-10-8-6-4-5-7-9-11-13-16-19(21)24/h1H,3-18H2,(H2,21,24). The first kappa shape index (κ1) is 20.7. The van der Waals surface area contributed by atoms with Gasteiger partial charge >= 0.3 is 0 Å². The predicted octanol–water partition coefficient (Wildman–Crippen LogP) is 5.51. The minimum Gasteiger partial charge on any atom is -0.370 e. The van der Waals surface area contributed by atoms with E-state index in [4.69, 9.17) is 12.2 Å². The van der Waals surface area contributed by atoms with Gasteiger partial charge in [-0.25, -0.2) is 0 Å². The van der Waals surface area contributed by atoms with Crippen LogP contribution in [0.1, 0.15) is 103 Å². The average Bonchev–Trinajstić information content (AvgIpc) is 3.32. The van der Waals surface area contributed by atoms with Gasteiger partial charge in [0, 0.05) is 12.8 Å². The van der Waals surface area contributed by atoms with Crippen LogP contribution in [0.15, 0.2) is 10.2 Å². The SMILES string of the molecule is C#CCCCC1(CCCCCCCCCCCCCC(N)=O)N=N1. The minimum atomic E-state index is -0.169. The molecule has 0 radical (unpaired) electrons. The maximum Gasteiger partial charge on any atom is 0.217 e. The molecule has 1 heterocycles. The fourth-order valence-electron chi connectivity index (χ4n) is 3.17. The Morgan fingerprint density at radius 1 is 0.792 bits per heavy atom. The molecule has 4 nitrogen and oxygen atoms in total. The zero-order chi connectivity index (χ0) is 17.5. The Morgan fingerprint density at radius 3 is 1.71 bits per heavy atom. The third-order valence-electron chi connectivity index (χ3n) is 4.78. The normalized spacial score (nSPS) is 14.5. The molecule has 0 saturated carbocycles. The molecule has 0 aromatic carbocycles. The number of hydrogen-bond acceptors (Lipinski definition) is 3. The summed E-state index contributed by atoms with van der Waals surface area (Å²) in [4.78, 5) is 10.6. The summed E-state index contributed by atoms with van der Waals surface area (Å²) in [5.74, 6) is 2.52. The summed E-state index contributed by atoms with van der Waals surface area (Å²) in [7, 11) is 0. The summed E-state index contributed by atoms with van der Waals surface area (Å²) in [6.07, 6.45) is 23.7. The van der Waals surface area contributed by atoms with E-state index in [9.17, 15) is 4.79 Å². The van der Waals surface area contributed by atoms with Crippen molar-refractivity contribution >= 4 is 5.91 Å². The van der Waals surface area contributed by atoms with Gasteiger partial charge in [0.15, 0.2) is 5.66 Å². The van der Waals surface area contributed by atoms with E-state index in [1.807, 2.05) is 0 Å². The van der Waals surface area contributed by atoms with Crippen molar-refractivity contribution in [3.8, 4) is 12.3 Å². The van der Waals surface area contributed by atoms with Crippen LogP contribution < -0.4 is 5.73 Å². The van der Waals surface area contributed by atoms with E-state index in [1.54, 1.807) is 0 Å². The van der Waals surface area contributed by atoms with Gasteiger partial charge in [0.25, 0.3) is 0 Å². The maximum atomic E-state index is 10.6. The summed E-state index contributed by atoms with van der Waals surface area (Å²) >= 11 is 0. The largest absolute Gasteiger partial charge is 0.370 e. The van der Waals surface area contributed by atoms with Gasteiger partial charge in [-0.1, -0.05) is 57.8 Å². The molecule has 1 amide bonds. The summed E-state index contributed by atoms with van der Waals surface area (Å²) in [6, 6.07) is 0. The molecule has 0 bridgehead atoms. The smallest absolute Gasteiger partial charge is 0.217 e. The highest BCUT2D eigenvalue weighted by Gasteiger charge is 2.38. The van der Waals surface area contributed by atoms with Gasteiger partial charge in [0.2, 0.25) is 5.91 Å². The number of terminal acetylenes is 1. The fraction of sp³-hybridized carbons (Fsp3) is 0.850. The summed E-state index contributed by atoms with van der Waals surface area (Å²) in [6.45, 7) is 0. The number of amides is 1. The molecule has 0 unspecified atom stereocenters. The van der Waals surface area contributed by atoms with E-state index in [1.165, 1.54) is 57.8 Å². The third-order valence-corrected chi connectivity index (χ3v) is 4.78. The van der Waals surface area contributed by atoms with Gasteiger partial charge in [-0.05, 0) is 32.1 Å². The zero-order valence-electron chi connectivity index (χ0n) is 15.3. The molecule has 0 saturated heterocycles. The van der Waals surface area contributed by atoms with Crippen LogP contribution in [0.2, 0.25) is 0 Å². The lowest BCUT2D eigenvalue weighted by Crippen LogP contribution is -2.10. The lowest BCUT2D eigenvalue weighted by atomic mass is 9.98. The number of hydrogen-bond donors (Lipinski definition) is 1. The lowest BCUT2D eigenvalue weighted by molar-refractivity contribution is -0.118. The van der Waals surface area contributed by atoms with Crippen LogP contribution in [0.4, 0.5) is 0 Å². The van der Waals surface area contributed by atoms with Crippen molar-refractivity contribution in [2.45, 2.75) is 108 Å². The van der Waals surface area contributed by atoms with E-state index < -0.39 is 0 Å². The Hall–Kier alpha value is -1.37. The van der Waals surface area contributed by atoms with E-state index in [0.717, 1.165) is 38.5 Å². The zero-order valence-corrected chi connectivity index (χ0v) is 15.3. The monoisotopic (exact) mass is 333 g/mol. The highest BCUT2D eigenvalue weighted by Crippen LogP contribution is 2.38. The number of nitrogens with two attached hydrogens (primary N) is 1. The Bertz CT molecular complexity index is 406. The number of carbonyl (C=O) groups is 1. The molecular weight excluding hydrogens is 298 g/mol. The van der Waals surface area contributed by atoms with Crippen molar-refractivity contribution in [2.24, 2.45) is 16.0 Å². The molecule has 2 N–H and O–H groups in total. The van der Waals surface area contributed by atoms with Crippen LogP contribution in [0, 0.1) is 12.3 Å². The van der Waals surface area contributed by atoms with Crippen molar-refractivity contribution in [1.82, 2.24) is 0 Å². The molecule has 24 heavy (non-hydrogen) atoms. The van der Waals surface area contributed by atoms with Gasteiger partial charge in [0.05, 0.1) is 0 Å². The number of primary amides is 1. The minimum absolute atomic E-state index is 0.0363. The number of unbranched alkanes of at least 4 members (excludes halogenated alkanes) is 11. The van der Waals surface area contributed by atoms with Gasteiger partial charge < -0.3 is 5.73 Å². The number of rotatable bonds is 17. The molecule has 0 atom stereocenters. The Labute approximate surface area is 148 Å². The third kappa shape index (κ3) is 11.2. The lowest BCUT2D eigenvalue weighted by Gasteiger charge is -2.09. The second kappa shape index (κ2) is 13.0. The van der Waals surface area contributed by atoms with Crippen LogP contribution in [0.5, 0.6) is 0 Å². The maximum absolute atomic E-state index is 10.6. The Balaban J connectivity index is 1.77.